The topological polar surface area (TPSA) is 88.4 Å². The second-order valence-electron chi connectivity index (χ2n) is 5.72. The van der Waals surface area contributed by atoms with Gasteiger partial charge in [-0.1, -0.05) is 11.3 Å². The van der Waals surface area contributed by atoms with E-state index < -0.39 is 11.5 Å². The molecule has 0 aliphatic heterocycles. The van der Waals surface area contributed by atoms with Crippen LogP contribution < -0.4 is 10.2 Å². The van der Waals surface area contributed by atoms with Crippen LogP contribution in [0, 0.1) is 6.92 Å². The minimum atomic E-state index is -0.871. The summed E-state index contributed by atoms with van der Waals surface area (Å²) in [4.78, 5) is 33.9. The van der Waals surface area contributed by atoms with E-state index in [9.17, 15) is 14.4 Å². The van der Waals surface area contributed by atoms with E-state index in [0.717, 1.165) is 17.0 Å². The maximum Gasteiger partial charge on any atom is 0.307 e. The van der Waals surface area contributed by atoms with Crippen molar-refractivity contribution in [3.8, 4) is 0 Å². The predicted octanol–water partition coefficient (Wildman–Crippen LogP) is 1.76. The summed E-state index contributed by atoms with van der Waals surface area (Å²) in [5.41, 5.74) is 0.372. The molecule has 7 heteroatoms. The van der Waals surface area contributed by atoms with Crippen molar-refractivity contribution in [2.24, 2.45) is 0 Å². The first-order valence-corrected chi connectivity index (χ1v) is 7.77. The lowest BCUT2D eigenvalue weighted by atomic mass is 9.98. The summed E-state index contributed by atoms with van der Waals surface area (Å²) in [7, 11) is 0. The molecule has 6 nitrogen and oxygen atoms in total. The average molecular weight is 314 g/mol. The van der Waals surface area contributed by atoms with E-state index >= 15 is 0 Å². The number of carboxylic acids is 1. The molecule has 0 radical (unpaired) electrons. The zero-order chi connectivity index (χ0) is 16.0. The SMILES string of the molecule is Cc1csc(=O)n1CCCC(=O)NC(C)(C)CCC(=O)O. The van der Waals surface area contributed by atoms with Crippen LogP contribution in [0.2, 0.25) is 0 Å². The standard InChI is InChI=1S/C14H22N2O4S/c1-10-9-21-13(20)16(10)8-4-5-11(17)15-14(2,3)7-6-12(18)19/h9H,4-8H2,1-3H3,(H,15,17)(H,18,19). The first kappa shape index (κ1) is 17.4. The molecule has 1 heterocycles. The number of aromatic nitrogens is 1. The largest absolute Gasteiger partial charge is 0.481 e. The van der Waals surface area contributed by atoms with Crippen molar-refractivity contribution in [3.63, 3.8) is 0 Å². The molecule has 2 N–H and O–H groups in total. The summed E-state index contributed by atoms with van der Waals surface area (Å²) in [6.07, 6.45) is 1.31. The molecule has 21 heavy (non-hydrogen) atoms. The van der Waals surface area contributed by atoms with E-state index in [4.69, 9.17) is 5.11 Å². The van der Waals surface area contributed by atoms with Crippen molar-refractivity contribution in [1.82, 2.24) is 9.88 Å². The monoisotopic (exact) mass is 314 g/mol. The van der Waals surface area contributed by atoms with E-state index in [0.29, 0.717) is 25.8 Å². The Morgan fingerprint density at radius 3 is 2.57 bits per heavy atom. The van der Waals surface area contributed by atoms with Crippen LogP contribution in [0.5, 0.6) is 0 Å². The maximum atomic E-state index is 11.9. The van der Waals surface area contributed by atoms with E-state index in [1.807, 2.05) is 6.92 Å². The number of carboxylic acid groups (broad SMARTS) is 1. The third-order valence-electron chi connectivity index (χ3n) is 3.20. The Bertz CT molecular complexity index is 560. The number of nitrogens with one attached hydrogen (secondary N) is 1. The van der Waals surface area contributed by atoms with Crippen molar-refractivity contribution >= 4 is 23.2 Å². The number of rotatable bonds is 8. The highest BCUT2D eigenvalue weighted by atomic mass is 32.1. The number of thiazole rings is 1. The Labute approximate surface area is 127 Å². The summed E-state index contributed by atoms with van der Waals surface area (Å²) in [5, 5.41) is 13.3. The van der Waals surface area contributed by atoms with Gasteiger partial charge in [-0.3, -0.25) is 14.4 Å². The zero-order valence-electron chi connectivity index (χ0n) is 12.6. The van der Waals surface area contributed by atoms with Gasteiger partial charge in [-0.25, -0.2) is 0 Å². The molecule has 1 amide bonds. The van der Waals surface area contributed by atoms with Gasteiger partial charge in [0.2, 0.25) is 5.91 Å². The Morgan fingerprint density at radius 2 is 2.05 bits per heavy atom. The van der Waals surface area contributed by atoms with Crippen molar-refractivity contribution in [2.75, 3.05) is 0 Å². The lowest BCUT2D eigenvalue weighted by molar-refractivity contribution is -0.137. The van der Waals surface area contributed by atoms with Crippen LogP contribution >= 0.6 is 11.3 Å². The van der Waals surface area contributed by atoms with E-state index in [-0.39, 0.29) is 17.2 Å². The normalized spacial score (nSPS) is 11.4. The summed E-state index contributed by atoms with van der Waals surface area (Å²) in [6, 6.07) is 0. The van der Waals surface area contributed by atoms with E-state index in [1.54, 1.807) is 23.8 Å². The van der Waals surface area contributed by atoms with Gasteiger partial charge in [0.25, 0.3) is 0 Å². The van der Waals surface area contributed by atoms with Crippen molar-refractivity contribution in [2.45, 2.75) is 58.5 Å². The number of aryl methyl sites for hydroxylation is 1. The highest BCUT2D eigenvalue weighted by Crippen LogP contribution is 2.12. The molecule has 0 aliphatic rings. The maximum absolute atomic E-state index is 11.9. The molecule has 0 saturated carbocycles. The number of amides is 1. The number of hydrogen-bond acceptors (Lipinski definition) is 4. The van der Waals surface area contributed by atoms with E-state index in [1.165, 1.54) is 0 Å². The molecular weight excluding hydrogens is 292 g/mol. The van der Waals surface area contributed by atoms with Crippen LogP contribution in [-0.4, -0.2) is 27.1 Å². The van der Waals surface area contributed by atoms with Crippen LogP contribution in [-0.2, 0) is 16.1 Å². The molecule has 0 aromatic carbocycles. The number of aliphatic carboxylic acids is 1. The molecule has 0 spiro atoms. The molecule has 0 fully saturated rings. The van der Waals surface area contributed by atoms with Gasteiger partial charge in [-0.2, -0.15) is 0 Å². The molecule has 1 rings (SSSR count). The lowest BCUT2D eigenvalue weighted by Crippen LogP contribution is -2.43. The average Bonchev–Trinajstić information content (AvgIpc) is 2.67. The summed E-state index contributed by atoms with van der Waals surface area (Å²) < 4.78 is 1.66. The van der Waals surface area contributed by atoms with Crippen molar-refractivity contribution in [3.05, 3.63) is 20.7 Å². The van der Waals surface area contributed by atoms with Gasteiger partial charge in [0, 0.05) is 36.0 Å². The van der Waals surface area contributed by atoms with Crippen LogP contribution in [0.25, 0.3) is 0 Å². The number of hydrogen-bond donors (Lipinski definition) is 2. The lowest BCUT2D eigenvalue weighted by Gasteiger charge is -2.25. The van der Waals surface area contributed by atoms with Gasteiger partial charge in [-0.05, 0) is 33.6 Å². The zero-order valence-corrected chi connectivity index (χ0v) is 13.5. The van der Waals surface area contributed by atoms with Crippen LogP contribution in [0.3, 0.4) is 0 Å². The summed E-state index contributed by atoms with van der Waals surface area (Å²) >= 11 is 1.16. The molecule has 0 aliphatic carbocycles. The van der Waals surface area contributed by atoms with Crippen molar-refractivity contribution in [1.29, 1.82) is 0 Å². The van der Waals surface area contributed by atoms with Gasteiger partial charge in [0.15, 0.2) is 0 Å². The molecule has 0 saturated heterocycles. The van der Waals surface area contributed by atoms with Crippen LogP contribution in [0.1, 0.15) is 45.2 Å². The Hall–Kier alpha value is -1.63. The van der Waals surface area contributed by atoms with Gasteiger partial charge < -0.3 is 15.0 Å². The van der Waals surface area contributed by atoms with Gasteiger partial charge in [0.05, 0.1) is 0 Å². The fourth-order valence-corrected chi connectivity index (χ4v) is 2.76. The minimum absolute atomic E-state index is 0.00491. The molecule has 1 aromatic rings. The second kappa shape index (κ2) is 7.40. The van der Waals surface area contributed by atoms with Crippen LogP contribution in [0.15, 0.2) is 10.2 Å². The quantitative estimate of drug-likeness (QED) is 0.765. The highest BCUT2D eigenvalue weighted by molar-refractivity contribution is 7.07. The molecule has 1 aromatic heterocycles. The Morgan fingerprint density at radius 1 is 1.38 bits per heavy atom. The smallest absolute Gasteiger partial charge is 0.307 e. The molecule has 0 bridgehead atoms. The molecular formula is C14H22N2O4S. The Kier molecular flexibility index (Phi) is 6.14. The van der Waals surface area contributed by atoms with Gasteiger partial charge in [0.1, 0.15) is 0 Å². The number of carbonyl (C=O) groups is 2. The predicted molar refractivity (Wildman–Crippen MR) is 81.6 cm³/mol. The minimum Gasteiger partial charge on any atom is -0.481 e. The van der Waals surface area contributed by atoms with Gasteiger partial charge >= 0.3 is 10.8 Å². The highest BCUT2D eigenvalue weighted by Gasteiger charge is 2.21. The fourth-order valence-electron chi connectivity index (χ4n) is 1.99. The molecule has 118 valence electrons. The van der Waals surface area contributed by atoms with Crippen molar-refractivity contribution < 1.29 is 14.7 Å². The summed E-state index contributed by atoms with van der Waals surface area (Å²) in [6.45, 7) is 6.01. The van der Waals surface area contributed by atoms with E-state index in [2.05, 4.69) is 5.32 Å². The number of nitrogens with zero attached hydrogens (tertiary/aromatic N) is 1. The third-order valence-corrected chi connectivity index (χ3v) is 4.08. The summed E-state index contributed by atoms with van der Waals surface area (Å²) in [5.74, 6) is -0.990. The van der Waals surface area contributed by atoms with Crippen LogP contribution in [0.4, 0.5) is 0 Å². The second-order valence-corrected chi connectivity index (χ2v) is 6.54. The Balaban J connectivity index is 2.37. The molecule has 0 atom stereocenters. The van der Waals surface area contributed by atoms with Gasteiger partial charge in [-0.15, -0.1) is 0 Å². The molecule has 0 unspecified atom stereocenters. The number of carbonyl (C=O) groups excluding carboxylic acids is 1. The third kappa shape index (κ3) is 6.12. The fraction of sp³-hybridized carbons (Fsp3) is 0.643. The first-order chi connectivity index (χ1) is 9.71. The first-order valence-electron chi connectivity index (χ1n) is 6.89.